The maximum atomic E-state index is 12.0. The van der Waals surface area contributed by atoms with Crippen molar-refractivity contribution in [1.82, 2.24) is 25.2 Å². The van der Waals surface area contributed by atoms with E-state index in [0.29, 0.717) is 11.7 Å². The SMILES string of the molecule is Cl.O=C(c1cn(C2CC2)nn1)N1CCNCC1. The Morgan fingerprint density at radius 3 is 2.71 bits per heavy atom. The van der Waals surface area contributed by atoms with E-state index in [1.165, 1.54) is 0 Å². The number of rotatable bonds is 2. The standard InChI is InChI=1S/C10H15N5O.ClH/c16-10(14-5-3-11-4-6-14)9-7-15(13-12-9)8-1-2-8;/h7-8,11H,1-6H2;1H. The number of piperazine rings is 1. The predicted molar refractivity (Wildman–Crippen MR) is 64.3 cm³/mol. The van der Waals surface area contributed by atoms with Gasteiger partial charge in [0.2, 0.25) is 0 Å². The van der Waals surface area contributed by atoms with Gasteiger partial charge < -0.3 is 10.2 Å². The molecule has 2 aliphatic rings. The number of carbonyl (C=O) groups excluding carboxylic acids is 1. The number of nitrogens with one attached hydrogen (secondary N) is 1. The summed E-state index contributed by atoms with van der Waals surface area (Å²) < 4.78 is 1.81. The molecular formula is C10H16ClN5O. The van der Waals surface area contributed by atoms with Crippen molar-refractivity contribution < 1.29 is 4.79 Å². The first-order chi connectivity index (χ1) is 7.84. The summed E-state index contributed by atoms with van der Waals surface area (Å²) in [4.78, 5) is 13.9. The highest BCUT2D eigenvalue weighted by Crippen LogP contribution is 2.33. The van der Waals surface area contributed by atoms with Crippen LogP contribution in [0.25, 0.3) is 0 Å². The molecule has 0 aromatic carbocycles. The second-order valence-electron chi connectivity index (χ2n) is 4.36. The van der Waals surface area contributed by atoms with E-state index in [1.54, 1.807) is 6.20 Å². The van der Waals surface area contributed by atoms with Crippen molar-refractivity contribution in [3.05, 3.63) is 11.9 Å². The second kappa shape index (κ2) is 5.01. The fourth-order valence-corrected chi connectivity index (χ4v) is 1.92. The van der Waals surface area contributed by atoms with Crippen molar-refractivity contribution in [2.75, 3.05) is 26.2 Å². The molecule has 1 aliphatic heterocycles. The monoisotopic (exact) mass is 257 g/mol. The van der Waals surface area contributed by atoms with Gasteiger partial charge in [-0.15, -0.1) is 17.5 Å². The first-order valence-corrected chi connectivity index (χ1v) is 5.76. The fourth-order valence-electron chi connectivity index (χ4n) is 1.92. The van der Waals surface area contributed by atoms with Gasteiger partial charge in [0, 0.05) is 26.2 Å². The van der Waals surface area contributed by atoms with Crippen molar-refractivity contribution in [1.29, 1.82) is 0 Å². The Labute approximate surface area is 106 Å². The van der Waals surface area contributed by atoms with E-state index in [1.807, 2.05) is 9.58 Å². The number of amides is 1. The number of carbonyl (C=O) groups is 1. The number of nitrogens with zero attached hydrogens (tertiary/aromatic N) is 4. The number of hydrogen-bond acceptors (Lipinski definition) is 4. The van der Waals surface area contributed by atoms with Crippen LogP contribution in [0.4, 0.5) is 0 Å². The summed E-state index contributed by atoms with van der Waals surface area (Å²) in [6.45, 7) is 3.25. The molecule has 1 aromatic heterocycles. The molecule has 1 aliphatic carbocycles. The zero-order chi connectivity index (χ0) is 11.0. The third-order valence-corrected chi connectivity index (χ3v) is 3.05. The molecule has 3 rings (SSSR count). The quantitative estimate of drug-likeness (QED) is 0.815. The van der Waals surface area contributed by atoms with E-state index < -0.39 is 0 Å². The Balaban J connectivity index is 0.00000108. The van der Waals surface area contributed by atoms with E-state index in [0.717, 1.165) is 39.0 Å². The van der Waals surface area contributed by atoms with Crippen LogP contribution in [0.3, 0.4) is 0 Å². The lowest BCUT2D eigenvalue weighted by Crippen LogP contribution is -2.46. The van der Waals surface area contributed by atoms with Crippen molar-refractivity contribution in [2.45, 2.75) is 18.9 Å². The molecule has 1 N–H and O–H groups in total. The molecular weight excluding hydrogens is 242 g/mol. The molecule has 1 amide bonds. The molecule has 0 atom stereocenters. The maximum Gasteiger partial charge on any atom is 0.276 e. The van der Waals surface area contributed by atoms with Gasteiger partial charge in [0.05, 0.1) is 12.2 Å². The third-order valence-electron chi connectivity index (χ3n) is 3.05. The van der Waals surface area contributed by atoms with Gasteiger partial charge in [-0.05, 0) is 12.8 Å². The lowest BCUT2D eigenvalue weighted by molar-refractivity contribution is 0.0730. The maximum absolute atomic E-state index is 12.0. The number of halogens is 1. The summed E-state index contributed by atoms with van der Waals surface area (Å²) in [5.74, 6) is 0.00778. The van der Waals surface area contributed by atoms with E-state index in [2.05, 4.69) is 15.6 Å². The molecule has 2 heterocycles. The highest BCUT2D eigenvalue weighted by atomic mass is 35.5. The molecule has 6 nitrogen and oxygen atoms in total. The van der Waals surface area contributed by atoms with Gasteiger partial charge >= 0.3 is 0 Å². The summed E-state index contributed by atoms with van der Waals surface area (Å²) in [6, 6.07) is 0.483. The summed E-state index contributed by atoms with van der Waals surface area (Å²) in [5.41, 5.74) is 0.480. The van der Waals surface area contributed by atoms with Crippen LogP contribution in [0.1, 0.15) is 29.4 Å². The molecule has 17 heavy (non-hydrogen) atoms. The Bertz CT molecular complexity index is 397. The van der Waals surface area contributed by atoms with Crippen LogP contribution in [-0.4, -0.2) is 52.0 Å². The van der Waals surface area contributed by atoms with Crippen LogP contribution in [-0.2, 0) is 0 Å². The first-order valence-electron chi connectivity index (χ1n) is 5.76. The molecule has 0 spiro atoms. The summed E-state index contributed by atoms with van der Waals surface area (Å²) in [5, 5.41) is 11.2. The summed E-state index contributed by atoms with van der Waals surface area (Å²) >= 11 is 0. The fraction of sp³-hybridized carbons (Fsp3) is 0.700. The van der Waals surface area contributed by atoms with Gasteiger partial charge in [0.25, 0.3) is 5.91 Å². The summed E-state index contributed by atoms with van der Waals surface area (Å²) in [7, 11) is 0. The van der Waals surface area contributed by atoms with Gasteiger partial charge in [-0.25, -0.2) is 4.68 Å². The minimum atomic E-state index is 0. The van der Waals surface area contributed by atoms with Gasteiger partial charge in [-0.3, -0.25) is 4.79 Å². The van der Waals surface area contributed by atoms with Crippen molar-refractivity contribution >= 4 is 18.3 Å². The van der Waals surface area contributed by atoms with Crippen LogP contribution < -0.4 is 5.32 Å². The van der Waals surface area contributed by atoms with Crippen LogP contribution in [0, 0.1) is 0 Å². The van der Waals surface area contributed by atoms with Gasteiger partial charge in [0.1, 0.15) is 0 Å². The zero-order valence-corrected chi connectivity index (χ0v) is 10.3. The molecule has 94 valence electrons. The van der Waals surface area contributed by atoms with E-state index in [4.69, 9.17) is 0 Å². The largest absolute Gasteiger partial charge is 0.335 e. The first kappa shape index (κ1) is 12.3. The Kier molecular flexibility index (Phi) is 3.63. The van der Waals surface area contributed by atoms with Crippen LogP contribution in [0.15, 0.2) is 6.20 Å². The molecule has 0 bridgehead atoms. The van der Waals surface area contributed by atoms with E-state index in [-0.39, 0.29) is 18.3 Å². The molecule has 2 fully saturated rings. The van der Waals surface area contributed by atoms with Crippen LogP contribution in [0.2, 0.25) is 0 Å². The summed E-state index contributed by atoms with van der Waals surface area (Å²) in [6.07, 6.45) is 4.09. The van der Waals surface area contributed by atoms with E-state index in [9.17, 15) is 4.79 Å². The zero-order valence-electron chi connectivity index (χ0n) is 9.50. The number of hydrogen-bond donors (Lipinski definition) is 1. The Morgan fingerprint density at radius 1 is 1.35 bits per heavy atom. The molecule has 0 radical (unpaired) electrons. The lowest BCUT2D eigenvalue weighted by atomic mass is 10.3. The smallest absolute Gasteiger partial charge is 0.276 e. The van der Waals surface area contributed by atoms with Crippen molar-refractivity contribution in [3.8, 4) is 0 Å². The van der Waals surface area contributed by atoms with E-state index >= 15 is 0 Å². The molecule has 7 heteroatoms. The molecule has 1 saturated carbocycles. The Morgan fingerprint density at radius 2 is 2.06 bits per heavy atom. The normalized spacial score (nSPS) is 19.9. The molecule has 1 aromatic rings. The highest BCUT2D eigenvalue weighted by Gasteiger charge is 2.27. The van der Waals surface area contributed by atoms with Crippen LogP contribution in [0.5, 0.6) is 0 Å². The minimum Gasteiger partial charge on any atom is -0.335 e. The average Bonchev–Trinajstić information content (AvgIpc) is 3.08. The van der Waals surface area contributed by atoms with Gasteiger partial charge in [-0.2, -0.15) is 0 Å². The topological polar surface area (TPSA) is 63.1 Å². The molecule has 0 unspecified atom stereocenters. The van der Waals surface area contributed by atoms with Gasteiger partial charge in [-0.1, -0.05) is 5.21 Å². The van der Waals surface area contributed by atoms with Gasteiger partial charge in [0.15, 0.2) is 5.69 Å². The predicted octanol–water partition coefficient (Wildman–Crippen LogP) is 0.0802. The van der Waals surface area contributed by atoms with Crippen molar-refractivity contribution in [2.24, 2.45) is 0 Å². The Hall–Kier alpha value is -1.14. The third kappa shape index (κ3) is 2.58. The lowest BCUT2D eigenvalue weighted by Gasteiger charge is -2.26. The highest BCUT2D eigenvalue weighted by molar-refractivity contribution is 5.92. The number of aromatic nitrogens is 3. The minimum absolute atomic E-state index is 0. The molecule has 1 saturated heterocycles. The average molecular weight is 258 g/mol. The van der Waals surface area contributed by atoms with Crippen LogP contribution >= 0.6 is 12.4 Å². The van der Waals surface area contributed by atoms with Crippen molar-refractivity contribution in [3.63, 3.8) is 0 Å². The second-order valence-corrected chi connectivity index (χ2v) is 4.36.